The minimum Gasteiger partial charge on any atom is -0.341 e. The number of benzene rings is 1. The SMILES string of the molecule is CC(C)[C@@H]1CC[C@H](C)c2cc(C#N)c(SCc3nc4ccccc4[nH]3)nc21. The molecule has 138 valence electrons. The van der Waals surface area contributed by atoms with Crippen molar-refractivity contribution >= 4 is 22.8 Å². The van der Waals surface area contributed by atoms with Gasteiger partial charge in [0.15, 0.2) is 0 Å². The number of rotatable bonds is 4. The third-order valence-electron chi connectivity index (χ3n) is 5.55. The van der Waals surface area contributed by atoms with Crippen molar-refractivity contribution in [2.45, 2.75) is 56.2 Å². The number of pyridine rings is 1. The fraction of sp³-hybridized carbons (Fsp3) is 0.409. The molecule has 0 spiro atoms. The van der Waals surface area contributed by atoms with Gasteiger partial charge >= 0.3 is 0 Å². The Morgan fingerprint density at radius 2 is 2.07 bits per heavy atom. The van der Waals surface area contributed by atoms with Crippen LogP contribution in [-0.2, 0) is 5.75 Å². The van der Waals surface area contributed by atoms with Crippen LogP contribution in [0.25, 0.3) is 11.0 Å². The number of para-hydroxylation sites is 2. The molecule has 0 fully saturated rings. The van der Waals surface area contributed by atoms with Gasteiger partial charge in [0.05, 0.1) is 22.3 Å². The highest BCUT2D eigenvalue weighted by Gasteiger charge is 2.29. The lowest BCUT2D eigenvalue weighted by Crippen LogP contribution is -2.19. The van der Waals surface area contributed by atoms with Gasteiger partial charge in [-0.2, -0.15) is 5.26 Å². The van der Waals surface area contributed by atoms with Crippen LogP contribution in [0.2, 0.25) is 0 Å². The van der Waals surface area contributed by atoms with Crippen molar-refractivity contribution in [1.82, 2.24) is 15.0 Å². The molecule has 0 aliphatic heterocycles. The van der Waals surface area contributed by atoms with Gasteiger partial charge in [0.25, 0.3) is 0 Å². The summed E-state index contributed by atoms with van der Waals surface area (Å²) in [4.78, 5) is 13.0. The van der Waals surface area contributed by atoms with Gasteiger partial charge in [0, 0.05) is 11.6 Å². The number of thioether (sulfide) groups is 1. The lowest BCUT2D eigenvalue weighted by Gasteiger charge is -2.31. The average molecular weight is 377 g/mol. The first-order valence-electron chi connectivity index (χ1n) is 9.58. The average Bonchev–Trinajstić information content (AvgIpc) is 3.08. The van der Waals surface area contributed by atoms with Gasteiger partial charge < -0.3 is 4.98 Å². The quantitative estimate of drug-likeness (QED) is 0.588. The van der Waals surface area contributed by atoms with Crippen molar-refractivity contribution in [2.75, 3.05) is 0 Å². The van der Waals surface area contributed by atoms with E-state index in [0.29, 0.717) is 29.1 Å². The Balaban J connectivity index is 1.65. The predicted octanol–water partition coefficient (Wildman–Crippen LogP) is 5.76. The predicted molar refractivity (Wildman–Crippen MR) is 110 cm³/mol. The van der Waals surface area contributed by atoms with Gasteiger partial charge in [-0.05, 0) is 48.4 Å². The van der Waals surface area contributed by atoms with Crippen LogP contribution < -0.4 is 0 Å². The molecule has 2 aromatic heterocycles. The standard InChI is InChI=1S/C22H24N4S/c1-13(2)16-9-8-14(3)17-10-15(11-23)22(26-21(16)17)27-12-20-24-18-6-4-5-7-19(18)25-20/h4-7,10,13-14,16H,8-9,12H2,1-3H3,(H,24,25)/t14-,16-/m0/s1. The van der Waals surface area contributed by atoms with Crippen LogP contribution in [-0.4, -0.2) is 15.0 Å². The largest absolute Gasteiger partial charge is 0.341 e. The molecule has 4 nitrogen and oxygen atoms in total. The van der Waals surface area contributed by atoms with E-state index in [2.05, 4.69) is 42.9 Å². The van der Waals surface area contributed by atoms with Crippen LogP contribution in [0.3, 0.4) is 0 Å². The number of imidazole rings is 1. The maximum atomic E-state index is 9.67. The van der Waals surface area contributed by atoms with E-state index in [1.807, 2.05) is 24.3 Å². The summed E-state index contributed by atoms with van der Waals surface area (Å²) in [5.41, 5.74) is 5.17. The third-order valence-corrected chi connectivity index (χ3v) is 6.55. The lowest BCUT2D eigenvalue weighted by molar-refractivity contribution is 0.398. The van der Waals surface area contributed by atoms with E-state index in [-0.39, 0.29) is 0 Å². The van der Waals surface area contributed by atoms with Gasteiger partial charge in [-0.1, -0.05) is 44.7 Å². The van der Waals surface area contributed by atoms with Crippen LogP contribution in [0.1, 0.15) is 68.1 Å². The topological polar surface area (TPSA) is 65.4 Å². The van der Waals surface area contributed by atoms with Crippen LogP contribution >= 0.6 is 11.8 Å². The summed E-state index contributed by atoms with van der Waals surface area (Å²) in [6.07, 6.45) is 2.35. The maximum absolute atomic E-state index is 9.67. The molecule has 0 radical (unpaired) electrons. The van der Waals surface area contributed by atoms with Crippen LogP contribution in [0.15, 0.2) is 35.4 Å². The Labute approximate surface area is 164 Å². The highest BCUT2D eigenvalue weighted by Crippen LogP contribution is 2.43. The van der Waals surface area contributed by atoms with E-state index in [1.54, 1.807) is 11.8 Å². The minimum atomic E-state index is 0.476. The number of aromatic amines is 1. The van der Waals surface area contributed by atoms with Crippen molar-refractivity contribution < 1.29 is 0 Å². The van der Waals surface area contributed by atoms with E-state index in [0.717, 1.165) is 21.9 Å². The summed E-state index contributed by atoms with van der Waals surface area (Å²) in [6, 6.07) is 12.5. The van der Waals surface area contributed by atoms with Gasteiger partial charge in [-0.25, -0.2) is 9.97 Å². The number of hydrogen-bond donors (Lipinski definition) is 1. The minimum absolute atomic E-state index is 0.476. The van der Waals surface area contributed by atoms with Gasteiger partial charge in [-0.3, -0.25) is 0 Å². The number of nitriles is 1. The van der Waals surface area contributed by atoms with Crippen LogP contribution in [0.4, 0.5) is 0 Å². The molecule has 1 aromatic carbocycles. The fourth-order valence-corrected chi connectivity index (χ4v) is 4.82. The molecule has 1 aliphatic rings. The summed E-state index contributed by atoms with van der Waals surface area (Å²) in [5, 5.41) is 10.5. The first kappa shape index (κ1) is 18.1. The smallest absolute Gasteiger partial charge is 0.117 e. The van der Waals surface area contributed by atoms with E-state index in [4.69, 9.17) is 4.98 Å². The summed E-state index contributed by atoms with van der Waals surface area (Å²) < 4.78 is 0. The third kappa shape index (κ3) is 3.46. The molecule has 0 saturated carbocycles. The lowest BCUT2D eigenvalue weighted by atomic mass is 9.75. The second-order valence-corrected chi connectivity index (χ2v) is 8.71. The summed E-state index contributed by atoms with van der Waals surface area (Å²) in [6.45, 7) is 6.79. The number of H-pyrrole nitrogens is 1. The van der Waals surface area contributed by atoms with Crippen molar-refractivity contribution in [2.24, 2.45) is 5.92 Å². The summed E-state index contributed by atoms with van der Waals surface area (Å²) in [5.74, 6) is 3.11. The number of fused-ring (bicyclic) bond motifs is 2. The number of aromatic nitrogens is 3. The highest BCUT2D eigenvalue weighted by molar-refractivity contribution is 7.98. The Hall–Kier alpha value is -2.32. The molecule has 1 N–H and O–H groups in total. The summed E-state index contributed by atoms with van der Waals surface area (Å²) in [7, 11) is 0. The second-order valence-electron chi connectivity index (χ2n) is 7.75. The molecule has 4 rings (SSSR count). The van der Waals surface area contributed by atoms with Crippen molar-refractivity contribution in [3.05, 3.63) is 53.0 Å². The monoisotopic (exact) mass is 376 g/mol. The van der Waals surface area contributed by atoms with E-state index < -0.39 is 0 Å². The molecule has 0 unspecified atom stereocenters. The van der Waals surface area contributed by atoms with Gasteiger partial charge in [0.1, 0.15) is 16.9 Å². The Morgan fingerprint density at radius 1 is 1.26 bits per heavy atom. The molecule has 0 amide bonds. The molecule has 1 aliphatic carbocycles. The van der Waals surface area contributed by atoms with E-state index in [9.17, 15) is 5.26 Å². The Bertz CT molecular complexity index is 982. The molecule has 0 saturated heterocycles. The second kappa shape index (κ2) is 7.36. The molecular formula is C22H24N4S. The fourth-order valence-electron chi connectivity index (χ4n) is 3.99. The van der Waals surface area contributed by atoms with Gasteiger partial charge in [-0.15, -0.1) is 0 Å². The van der Waals surface area contributed by atoms with Crippen molar-refractivity contribution in [1.29, 1.82) is 5.26 Å². The van der Waals surface area contributed by atoms with E-state index >= 15 is 0 Å². The molecule has 2 atom stereocenters. The zero-order valence-corrected chi connectivity index (χ0v) is 16.8. The van der Waals surface area contributed by atoms with Crippen LogP contribution in [0, 0.1) is 17.2 Å². The van der Waals surface area contributed by atoms with E-state index in [1.165, 1.54) is 24.1 Å². The molecule has 27 heavy (non-hydrogen) atoms. The number of nitrogens with one attached hydrogen (secondary N) is 1. The van der Waals surface area contributed by atoms with Crippen molar-refractivity contribution in [3.63, 3.8) is 0 Å². The van der Waals surface area contributed by atoms with Crippen molar-refractivity contribution in [3.8, 4) is 6.07 Å². The highest BCUT2D eigenvalue weighted by atomic mass is 32.2. The maximum Gasteiger partial charge on any atom is 0.117 e. The summed E-state index contributed by atoms with van der Waals surface area (Å²) >= 11 is 1.60. The molecule has 3 aromatic rings. The zero-order valence-electron chi connectivity index (χ0n) is 16.0. The Morgan fingerprint density at radius 3 is 2.81 bits per heavy atom. The van der Waals surface area contributed by atoms with Gasteiger partial charge in [0.2, 0.25) is 0 Å². The number of hydrogen-bond acceptors (Lipinski definition) is 4. The molecule has 0 bridgehead atoms. The molecule has 2 heterocycles. The zero-order chi connectivity index (χ0) is 19.0. The molecular weight excluding hydrogens is 352 g/mol. The molecule has 5 heteroatoms. The normalized spacial score (nSPS) is 19.2. The Kier molecular flexibility index (Phi) is 4.92. The first-order valence-corrected chi connectivity index (χ1v) is 10.6. The first-order chi connectivity index (χ1) is 13.1. The van der Waals surface area contributed by atoms with Crippen LogP contribution in [0.5, 0.6) is 0 Å². The number of nitrogens with zero attached hydrogens (tertiary/aromatic N) is 3.